The van der Waals surface area contributed by atoms with E-state index in [9.17, 15) is 9.59 Å². The SMILES string of the molecule is COc1cccc(CNC(=O)CC2=C3CCCCC3NC2=O)c1. The van der Waals surface area contributed by atoms with Gasteiger partial charge in [0, 0.05) is 12.1 Å². The van der Waals surface area contributed by atoms with Crippen molar-refractivity contribution in [3.05, 3.63) is 41.0 Å². The summed E-state index contributed by atoms with van der Waals surface area (Å²) in [6.07, 6.45) is 4.35. The van der Waals surface area contributed by atoms with E-state index < -0.39 is 0 Å². The molecule has 5 nitrogen and oxygen atoms in total. The molecule has 1 fully saturated rings. The van der Waals surface area contributed by atoms with Gasteiger partial charge in [-0.1, -0.05) is 18.6 Å². The molecule has 1 aliphatic heterocycles. The molecule has 0 aromatic heterocycles. The number of amides is 2. The van der Waals surface area contributed by atoms with Crippen LogP contribution in [-0.2, 0) is 16.1 Å². The molecule has 1 atom stereocenters. The van der Waals surface area contributed by atoms with Crippen LogP contribution in [0, 0.1) is 0 Å². The minimum Gasteiger partial charge on any atom is -0.497 e. The van der Waals surface area contributed by atoms with Gasteiger partial charge < -0.3 is 15.4 Å². The number of hydrogen-bond acceptors (Lipinski definition) is 3. The summed E-state index contributed by atoms with van der Waals surface area (Å²) in [5, 5.41) is 5.88. The summed E-state index contributed by atoms with van der Waals surface area (Å²) in [4.78, 5) is 24.3. The van der Waals surface area contributed by atoms with E-state index in [-0.39, 0.29) is 24.3 Å². The van der Waals surface area contributed by atoms with Gasteiger partial charge in [0.1, 0.15) is 5.75 Å². The second-order valence-electron chi connectivity index (χ2n) is 6.08. The lowest BCUT2D eigenvalue weighted by Crippen LogP contribution is -2.30. The molecule has 0 spiro atoms. The molecule has 23 heavy (non-hydrogen) atoms. The number of nitrogens with one attached hydrogen (secondary N) is 2. The van der Waals surface area contributed by atoms with Gasteiger partial charge in [-0.05, 0) is 42.5 Å². The van der Waals surface area contributed by atoms with Crippen molar-refractivity contribution in [1.82, 2.24) is 10.6 Å². The third-order valence-corrected chi connectivity index (χ3v) is 4.54. The Morgan fingerprint density at radius 3 is 3.09 bits per heavy atom. The van der Waals surface area contributed by atoms with Crippen molar-refractivity contribution >= 4 is 11.8 Å². The number of benzene rings is 1. The number of carbonyl (C=O) groups excluding carboxylic acids is 2. The molecule has 0 radical (unpaired) electrons. The van der Waals surface area contributed by atoms with Gasteiger partial charge in [-0.2, -0.15) is 0 Å². The lowest BCUT2D eigenvalue weighted by molar-refractivity contribution is -0.123. The molecule has 0 saturated heterocycles. The Balaban J connectivity index is 1.59. The Morgan fingerprint density at radius 2 is 2.26 bits per heavy atom. The Morgan fingerprint density at radius 1 is 1.39 bits per heavy atom. The Labute approximate surface area is 136 Å². The molecule has 1 saturated carbocycles. The molecule has 2 N–H and O–H groups in total. The topological polar surface area (TPSA) is 67.4 Å². The zero-order valence-corrected chi connectivity index (χ0v) is 13.4. The lowest BCUT2D eigenvalue weighted by atomic mass is 9.88. The minimum absolute atomic E-state index is 0.0663. The quantitative estimate of drug-likeness (QED) is 0.874. The van der Waals surface area contributed by atoms with E-state index in [2.05, 4.69) is 10.6 Å². The first-order valence-electron chi connectivity index (χ1n) is 8.10. The van der Waals surface area contributed by atoms with Crippen LogP contribution in [0.15, 0.2) is 35.4 Å². The Kier molecular flexibility index (Phi) is 4.65. The van der Waals surface area contributed by atoms with Crippen molar-refractivity contribution in [2.24, 2.45) is 0 Å². The second-order valence-corrected chi connectivity index (χ2v) is 6.08. The standard InChI is InChI=1S/C18H22N2O3/c1-23-13-6-4-5-12(9-13)11-19-17(21)10-15-14-7-2-3-8-16(14)20-18(15)22/h4-6,9,16H,2-3,7-8,10-11H2,1H3,(H,19,21)(H,20,22). The third-order valence-electron chi connectivity index (χ3n) is 4.54. The molecular weight excluding hydrogens is 292 g/mol. The second kappa shape index (κ2) is 6.86. The molecule has 122 valence electrons. The first kappa shape index (κ1) is 15.6. The molecule has 0 bridgehead atoms. The molecule has 1 unspecified atom stereocenters. The third kappa shape index (κ3) is 3.55. The van der Waals surface area contributed by atoms with Crippen LogP contribution in [0.5, 0.6) is 5.75 Å². The number of carbonyl (C=O) groups is 2. The highest BCUT2D eigenvalue weighted by molar-refractivity contribution is 6.02. The highest BCUT2D eigenvalue weighted by Crippen LogP contribution is 2.32. The maximum absolute atomic E-state index is 12.2. The average molecular weight is 314 g/mol. The van der Waals surface area contributed by atoms with Gasteiger partial charge in [0.2, 0.25) is 11.8 Å². The number of hydrogen-bond donors (Lipinski definition) is 2. The van der Waals surface area contributed by atoms with Crippen LogP contribution >= 0.6 is 0 Å². The molecule has 3 rings (SSSR count). The van der Waals surface area contributed by atoms with Crippen LogP contribution in [-0.4, -0.2) is 25.0 Å². The predicted octanol–water partition coefficient (Wildman–Crippen LogP) is 2.07. The van der Waals surface area contributed by atoms with Crippen LogP contribution in [0.1, 0.15) is 37.7 Å². The fourth-order valence-electron chi connectivity index (χ4n) is 3.32. The summed E-state index contributed by atoms with van der Waals surface area (Å²) in [6.45, 7) is 0.434. The van der Waals surface area contributed by atoms with E-state index >= 15 is 0 Å². The van der Waals surface area contributed by atoms with Crippen molar-refractivity contribution in [1.29, 1.82) is 0 Å². The highest BCUT2D eigenvalue weighted by Gasteiger charge is 2.33. The normalized spacial score (nSPS) is 20.0. The fraction of sp³-hybridized carbons (Fsp3) is 0.444. The first-order chi connectivity index (χ1) is 11.2. The van der Waals surface area contributed by atoms with Crippen molar-refractivity contribution in [3.63, 3.8) is 0 Å². The predicted molar refractivity (Wildman–Crippen MR) is 86.9 cm³/mol. The van der Waals surface area contributed by atoms with E-state index in [4.69, 9.17) is 4.74 Å². The first-order valence-corrected chi connectivity index (χ1v) is 8.10. The van der Waals surface area contributed by atoms with E-state index in [1.807, 2.05) is 24.3 Å². The van der Waals surface area contributed by atoms with Gasteiger partial charge in [0.15, 0.2) is 0 Å². The lowest BCUT2D eigenvalue weighted by Gasteiger charge is -2.20. The molecule has 1 aromatic carbocycles. The maximum Gasteiger partial charge on any atom is 0.248 e. The monoisotopic (exact) mass is 314 g/mol. The zero-order chi connectivity index (χ0) is 16.2. The van der Waals surface area contributed by atoms with Crippen LogP contribution in [0.25, 0.3) is 0 Å². The van der Waals surface area contributed by atoms with Crippen LogP contribution in [0.3, 0.4) is 0 Å². The summed E-state index contributed by atoms with van der Waals surface area (Å²) < 4.78 is 5.17. The van der Waals surface area contributed by atoms with Gasteiger partial charge in [-0.25, -0.2) is 0 Å². The molecular formula is C18H22N2O3. The highest BCUT2D eigenvalue weighted by atomic mass is 16.5. The van der Waals surface area contributed by atoms with Gasteiger partial charge in [-0.15, -0.1) is 0 Å². The Hall–Kier alpha value is -2.30. The van der Waals surface area contributed by atoms with Crippen molar-refractivity contribution in [2.45, 2.75) is 44.7 Å². The summed E-state index contributed by atoms with van der Waals surface area (Å²) in [5.41, 5.74) is 2.80. The zero-order valence-electron chi connectivity index (χ0n) is 13.4. The molecule has 1 aliphatic carbocycles. The van der Waals surface area contributed by atoms with E-state index in [1.165, 1.54) is 0 Å². The molecule has 1 aromatic rings. The maximum atomic E-state index is 12.2. The fourth-order valence-corrected chi connectivity index (χ4v) is 3.32. The van der Waals surface area contributed by atoms with E-state index in [0.29, 0.717) is 12.1 Å². The van der Waals surface area contributed by atoms with Crippen LogP contribution in [0.2, 0.25) is 0 Å². The molecule has 2 aliphatic rings. The minimum atomic E-state index is -0.114. The summed E-state index contributed by atoms with van der Waals surface area (Å²) >= 11 is 0. The smallest absolute Gasteiger partial charge is 0.248 e. The van der Waals surface area contributed by atoms with Crippen molar-refractivity contribution in [3.8, 4) is 5.75 Å². The Bertz CT molecular complexity index is 651. The number of fused-ring (bicyclic) bond motifs is 1. The van der Waals surface area contributed by atoms with Crippen molar-refractivity contribution < 1.29 is 14.3 Å². The summed E-state index contributed by atoms with van der Waals surface area (Å²) in [6, 6.07) is 7.75. The van der Waals surface area contributed by atoms with Crippen LogP contribution < -0.4 is 15.4 Å². The van der Waals surface area contributed by atoms with Gasteiger partial charge in [-0.3, -0.25) is 9.59 Å². The van der Waals surface area contributed by atoms with E-state index in [0.717, 1.165) is 42.6 Å². The van der Waals surface area contributed by atoms with Gasteiger partial charge in [0.05, 0.1) is 19.6 Å². The largest absolute Gasteiger partial charge is 0.497 e. The molecule has 5 heteroatoms. The van der Waals surface area contributed by atoms with Gasteiger partial charge in [0.25, 0.3) is 0 Å². The number of ether oxygens (including phenoxy) is 1. The number of methoxy groups -OCH3 is 1. The summed E-state index contributed by atoms with van der Waals surface area (Å²) in [7, 11) is 1.62. The van der Waals surface area contributed by atoms with Crippen LogP contribution in [0.4, 0.5) is 0 Å². The number of rotatable bonds is 5. The van der Waals surface area contributed by atoms with Gasteiger partial charge >= 0.3 is 0 Å². The molecule has 2 amide bonds. The summed E-state index contributed by atoms with van der Waals surface area (Å²) in [5.74, 6) is 0.585. The van der Waals surface area contributed by atoms with E-state index in [1.54, 1.807) is 7.11 Å². The van der Waals surface area contributed by atoms with Crippen molar-refractivity contribution in [2.75, 3.05) is 7.11 Å². The average Bonchev–Trinajstić information content (AvgIpc) is 2.89. The molecule has 1 heterocycles.